The maximum Gasteiger partial charge on any atom is 0.293 e. The molecule has 8 nitrogen and oxygen atoms in total. The van der Waals surface area contributed by atoms with E-state index in [2.05, 4.69) is 5.32 Å². The molecule has 2 heterocycles. The Labute approximate surface area is 195 Å². The molecule has 33 heavy (non-hydrogen) atoms. The Morgan fingerprint density at radius 3 is 2.82 bits per heavy atom. The molecule has 0 spiro atoms. The van der Waals surface area contributed by atoms with Gasteiger partial charge in [0.15, 0.2) is 17.6 Å². The summed E-state index contributed by atoms with van der Waals surface area (Å²) in [5, 5.41) is 2.35. The highest BCUT2D eigenvalue weighted by Gasteiger charge is 2.35. The molecular formula is C24H24N2O6S. The Hall–Kier alpha value is -3.46. The van der Waals surface area contributed by atoms with E-state index in [-0.39, 0.29) is 31.0 Å². The molecule has 1 N–H and O–H groups in total. The number of carbonyl (C=O) groups excluding carboxylic acids is 3. The molecule has 172 valence electrons. The van der Waals surface area contributed by atoms with E-state index in [1.807, 2.05) is 32.0 Å². The van der Waals surface area contributed by atoms with Crippen LogP contribution in [0.1, 0.15) is 23.6 Å². The third kappa shape index (κ3) is 4.98. The molecule has 0 aliphatic carbocycles. The van der Waals surface area contributed by atoms with Crippen molar-refractivity contribution in [2.24, 2.45) is 0 Å². The zero-order valence-electron chi connectivity index (χ0n) is 18.5. The van der Waals surface area contributed by atoms with Gasteiger partial charge in [-0.05, 0) is 73.5 Å². The van der Waals surface area contributed by atoms with Crippen LogP contribution in [0.4, 0.5) is 4.79 Å². The molecule has 2 aliphatic heterocycles. The molecule has 0 bridgehead atoms. The molecule has 0 radical (unpaired) electrons. The molecule has 0 aromatic heterocycles. The van der Waals surface area contributed by atoms with Crippen molar-refractivity contribution >= 4 is 34.9 Å². The molecule has 4 rings (SSSR count). The van der Waals surface area contributed by atoms with Crippen molar-refractivity contribution in [2.45, 2.75) is 26.9 Å². The van der Waals surface area contributed by atoms with Crippen LogP contribution in [0.15, 0.2) is 41.3 Å². The molecule has 2 aromatic rings. The topological polar surface area (TPSA) is 94.2 Å². The summed E-state index contributed by atoms with van der Waals surface area (Å²) in [4.78, 5) is 38.9. The van der Waals surface area contributed by atoms with E-state index in [1.165, 1.54) is 0 Å². The van der Waals surface area contributed by atoms with Crippen LogP contribution in [-0.4, -0.2) is 47.9 Å². The van der Waals surface area contributed by atoms with Crippen molar-refractivity contribution in [3.63, 3.8) is 0 Å². The lowest BCUT2D eigenvalue weighted by molar-refractivity contribution is -0.128. The quantitative estimate of drug-likeness (QED) is 0.620. The first-order valence-corrected chi connectivity index (χ1v) is 11.3. The van der Waals surface area contributed by atoms with Crippen LogP contribution >= 0.6 is 11.8 Å². The lowest BCUT2D eigenvalue weighted by Crippen LogP contribution is -2.41. The first-order chi connectivity index (χ1) is 15.8. The predicted molar refractivity (Wildman–Crippen MR) is 124 cm³/mol. The Morgan fingerprint density at radius 1 is 1.21 bits per heavy atom. The van der Waals surface area contributed by atoms with Gasteiger partial charge in [0.1, 0.15) is 5.75 Å². The van der Waals surface area contributed by atoms with Crippen molar-refractivity contribution in [3.8, 4) is 17.2 Å². The number of rotatable bonds is 7. The summed E-state index contributed by atoms with van der Waals surface area (Å²) in [7, 11) is 0. The van der Waals surface area contributed by atoms with Crippen LogP contribution in [0.2, 0.25) is 0 Å². The number of nitrogens with zero attached hydrogens (tertiary/aromatic N) is 1. The highest BCUT2D eigenvalue weighted by atomic mass is 32.2. The number of carbonyl (C=O) groups is 3. The summed E-state index contributed by atoms with van der Waals surface area (Å²) in [5.41, 5.74) is 2.79. The molecule has 2 aliphatic rings. The summed E-state index contributed by atoms with van der Waals surface area (Å²) < 4.78 is 16.4. The molecule has 1 saturated heterocycles. The van der Waals surface area contributed by atoms with Gasteiger partial charge in [0, 0.05) is 13.1 Å². The third-order valence-corrected chi connectivity index (χ3v) is 6.34. The fourth-order valence-corrected chi connectivity index (χ4v) is 4.24. The summed E-state index contributed by atoms with van der Waals surface area (Å²) in [6, 6.07) is 11.0. The highest BCUT2D eigenvalue weighted by Crippen LogP contribution is 2.36. The highest BCUT2D eigenvalue weighted by molar-refractivity contribution is 8.18. The van der Waals surface area contributed by atoms with Gasteiger partial charge in [0.25, 0.3) is 17.1 Å². The van der Waals surface area contributed by atoms with E-state index < -0.39 is 12.0 Å². The zero-order chi connectivity index (χ0) is 23.5. The van der Waals surface area contributed by atoms with Crippen LogP contribution in [-0.2, 0) is 9.59 Å². The van der Waals surface area contributed by atoms with Gasteiger partial charge in [-0.2, -0.15) is 0 Å². The van der Waals surface area contributed by atoms with Gasteiger partial charge in [-0.25, -0.2) is 0 Å². The van der Waals surface area contributed by atoms with Gasteiger partial charge in [0.05, 0.1) is 4.91 Å². The van der Waals surface area contributed by atoms with Crippen LogP contribution < -0.4 is 19.5 Å². The van der Waals surface area contributed by atoms with E-state index in [1.54, 1.807) is 31.2 Å². The number of aryl methyl sites for hydroxylation is 1. The minimum absolute atomic E-state index is 0.0745. The first kappa shape index (κ1) is 22.7. The smallest absolute Gasteiger partial charge is 0.293 e. The summed E-state index contributed by atoms with van der Waals surface area (Å²) in [6.07, 6.45) is 0.928. The number of fused-ring (bicyclic) bond motifs is 1. The van der Waals surface area contributed by atoms with Gasteiger partial charge in [-0.1, -0.05) is 18.2 Å². The Bertz CT molecular complexity index is 1150. The Morgan fingerprint density at radius 2 is 2.00 bits per heavy atom. The van der Waals surface area contributed by atoms with Crippen molar-refractivity contribution < 1.29 is 28.6 Å². The van der Waals surface area contributed by atoms with Crippen LogP contribution in [0.5, 0.6) is 17.2 Å². The number of nitrogens with one attached hydrogen (secondary N) is 1. The van der Waals surface area contributed by atoms with Crippen molar-refractivity contribution in [2.75, 3.05) is 19.9 Å². The second kappa shape index (κ2) is 9.58. The van der Waals surface area contributed by atoms with Crippen LogP contribution in [0, 0.1) is 13.8 Å². The molecule has 9 heteroatoms. The lowest BCUT2D eigenvalue weighted by Gasteiger charge is -2.18. The van der Waals surface area contributed by atoms with E-state index in [0.29, 0.717) is 22.2 Å². The number of ether oxygens (including phenoxy) is 3. The van der Waals surface area contributed by atoms with Gasteiger partial charge in [-0.15, -0.1) is 0 Å². The van der Waals surface area contributed by atoms with Crippen molar-refractivity contribution in [1.82, 2.24) is 10.2 Å². The van der Waals surface area contributed by atoms with E-state index in [9.17, 15) is 14.4 Å². The second-order valence-electron chi connectivity index (χ2n) is 7.70. The third-order valence-electron chi connectivity index (χ3n) is 5.43. The molecule has 1 atom stereocenters. The Kier molecular flexibility index (Phi) is 6.60. The molecule has 2 aromatic carbocycles. The standard InChI is InChI=1S/C24H24N2O6S/c1-14-5-4-6-18(15(14)2)32-16(3)22(27)25-9-10-26-23(28)21(33-24(26)29)12-17-7-8-19-20(11-17)31-13-30-19/h4-8,11-12,16H,9-10,13H2,1-3H3,(H,25,27)/b21-12-. The maximum absolute atomic E-state index is 12.7. The first-order valence-electron chi connectivity index (χ1n) is 10.5. The largest absolute Gasteiger partial charge is 0.481 e. The van der Waals surface area contributed by atoms with Crippen molar-refractivity contribution in [3.05, 3.63) is 58.0 Å². The summed E-state index contributed by atoms with van der Waals surface area (Å²) in [6.45, 7) is 5.94. The maximum atomic E-state index is 12.7. The predicted octanol–water partition coefficient (Wildman–Crippen LogP) is 3.65. The minimum Gasteiger partial charge on any atom is -0.481 e. The average Bonchev–Trinajstić information content (AvgIpc) is 3.36. The van der Waals surface area contributed by atoms with Gasteiger partial charge in [0.2, 0.25) is 6.79 Å². The van der Waals surface area contributed by atoms with Gasteiger partial charge < -0.3 is 19.5 Å². The average molecular weight is 469 g/mol. The molecular weight excluding hydrogens is 444 g/mol. The van der Waals surface area contributed by atoms with Crippen LogP contribution in [0.25, 0.3) is 6.08 Å². The van der Waals surface area contributed by atoms with Gasteiger partial charge in [-0.3, -0.25) is 19.3 Å². The number of amides is 3. The number of thioether (sulfide) groups is 1. The molecule has 1 unspecified atom stereocenters. The monoisotopic (exact) mass is 468 g/mol. The summed E-state index contributed by atoms with van der Waals surface area (Å²) in [5.74, 6) is 1.18. The number of hydrogen-bond acceptors (Lipinski definition) is 7. The number of imide groups is 1. The fraction of sp³-hybridized carbons (Fsp3) is 0.292. The normalized spacial score (nSPS) is 16.9. The number of benzene rings is 2. The SMILES string of the molecule is Cc1cccc(OC(C)C(=O)NCCN2C(=O)S/C(=C\c3ccc4c(c3)OCO4)C2=O)c1C. The number of hydrogen-bond donors (Lipinski definition) is 1. The van der Waals surface area contributed by atoms with E-state index in [4.69, 9.17) is 14.2 Å². The van der Waals surface area contributed by atoms with E-state index >= 15 is 0 Å². The fourth-order valence-electron chi connectivity index (χ4n) is 3.38. The molecule has 1 fully saturated rings. The zero-order valence-corrected chi connectivity index (χ0v) is 19.4. The summed E-state index contributed by atoms with van der Waals surface area (Å²) >= 11 is 0.869. The van der Waals surface area contributed by atoms with E-state index in [0.717, 1.165) is 33.4 Å². The van der Waals surface area contributed by atoms with Crippen molar-refractivity contribution in [1.29, 1.82) is 0 Å². The molecule has 0 saturated carbocycles. The minimum atomic E-state index is -0.716. The molecule has 3 amide bonds. The lowest BCUT2D eigenvalue weighted by atomic mass is 10.1. The van der Waals surface area contributed by atoms with Gasteiger partial charge >= 0.3 is 0 Å². The Balaban J connectivity index is 1.31. The van der Waals surface area contributed by atoms with Crippen LogP contribution in [0.3, 0.4) is 0 Å². The second-order valence-corrected chi connectivity index (χ2v) is 8.69.